The van der Waals surface area contributed by atoms with E-state index in [0.717, 1.165) is 28.5 Å². The lowest BCUT2D eigenvalue weighted by molar-refractivity contribution is 0.590. The Kier molecular flexibility index (Phi) is 6.63. The molecule has 0 aliphatic carbocycles. The molecule has 6 heteroatoms. The molecule has 0 radical (unpaired) electrons. The Labute approximate surface area is 324 Å². The van der Waals surface area contributed by atoms with Crippen LogP contribution in [0.25, 0.3) is 62.9 Å². The van der Waals surface area contributed by atoms with Crippen molar-refractivity contribution < 1.29 is 0 Å². The van der Waals surface area contributed by atoms with E-state index >= 15 is 0 Å². The predicted molar refractivity (Wildman–Crippen MR) is 235 cm³/mol. The fourth-order valence-corrected chi connectivity index (χ4v) is 11.4. The van der Waals surface area contributed by atoms with Gasteiger partial charge in [0, 0.05) is 59.0 Å². The minimum Gasteiger partial charge on any atom is -0.310 e. The Bertz CT molecular complexity index is 2810. The molecular weight excluding hydrogens is 693 g/mol. The molecule has 0 fully saturated rings. The summed E-state index contributed by atoms with van der Waals surface area (Å²) >= 11 is 3.76. The van der Waals surface area contributed by atoms with Gasteiger partial charge in [0.2, 0.25) is 6.71 Å². The average Bonchev–Trinajstić information content (AvgIpc) is 3.67. The smallest absolute Gasteiger partial charge is 0.244 e. The Balaban J connectivity index is 1.28. The maximum absolute atomic E-state index is 5.29. The summed E-state index contributed by atoms with van der Waals surface area (Å²) in [6, 6.07) is 41.4. The van der Waals surface area contributed by atoms with Gasteiger partial charge in [-0.25, -0.2) is 0 Å². The summed E-state index contributed by atoms with van der Waals surface area (Å²) in [5.74, 6) is 0. The van der Waals surface area contributed by atoms with Crippen LogP contribution in [0.5, 0.6) is 0 Å². The molecule has 0 spiro atoms. The van der Waals surface area contributed by atoms with Crippen molar-refractivity contribution >= 4 is 103 Å². The van der Waals surface area contributed by atoms with Crippen LogP contribution in [0.3, 0.4) is 0 Å². The van der Waals surface area contributed by atoms with E-state index in [0.29, 0.717) is 0 Å². The molecule has 0 bridgehead atoms. The van der Waals surface area contributed by atoms with Crippen molar-refractivity contribution in [2.75, 3.05) is 4.90 Å². The van der Waals surface area contributed by atoms with E-state index in [-0.39, 0.29) is 17.5 Å². The maximum Gasteiger partial charge on any atom is 0.244 e. The largest absolute Gasteiger partial charge is 0.310 e. The third kappa shape index (κ3) is 4.53. The molecule has 260 valence electrons. The number of nitrogens with zero attached hydrogens (tertiary/aromatic N) is 3. The van der Waals surface area contributed by atoms with Crippen LogP contribution in [0.15, 0.2) is 122 Å². The summed E-state index contributed by atoms with van der Waals surface area (Å²) in [7, 11) is 0. The van der Waals surface area contributed by atoms with Crippen LogP contribution in [0, 0.1) is 0 Å². The molecule has 0 atom stereocenters. The van der Waals surface area contributed by atoms with E-state index in [1.54, 1.807) is 0 Å². The molecule has 0 unspecified atom stereocenters. The highest BCUT2D eigenvalue weighted by molar-refractivity contribution is 7.27. The number of thiophene rings is 2. The number of benzene rings is 5. The number of hydrogen-bond acceptors (Lipinski definition) is 5. The summed E-state index contributed by atoms with van der Waals surface area (Å²) in [5, 5.41) is 5.20. The minimum absolute atomic E-state index is 0.0149. The molecule has 0 saturated carbocycles. The van der Waals surface area contributed by atoms with Gasteiger partial charge in [-0.1, -0.05) is 101 Å². The van der Waals surface area contributed by atoms with Crippen LogP contribution in [-0.4, -0.2) is 16.7 Å². The zero-order valence-corrected chi connectivity index (χ0v) is 32.9. The van der Waals surface area contributed by atoms with Crippen LogP contribution >= 0.6 is 22.7 Å². The number of anilines is 3. The minimum atomic E-state index is 0.0149. The molecule has 3 nitrogen and oxygen atoms in total. The highest BCUT2D eigenvalue weighted by atomic mass is 32.1. The van der Waals surface area contributed by atoms with Crippen LogP contribution in [0.4, 0.5) is 17.1 Å². The van der Waals surface area contributed by atoms with Gasteiger partial charge < -0.3 is 4.90 Å². The number of hydrogen-bond donors (Lipinski definition) is 0. The van der Waals surface area contributed by atoms with E-state index < -0.39 is 0 Å². The van der Waals surface area contributed by atoms with Gasteiger partial charge in [-0.05, 0) is 110 Å². The van der Waals surface area contributed by atoms with Crippen LogP contribution in [0.2, 0.25) is 0 Å². The van der Waals surface area contributed by atoms with Crippen molar-refractivity contribution in [3.63, 3.8) is 0 Å². The van der Waals surface area contributed by atoms with Gasteiger partial charge in [0.25, 0.3) is 0 Å². The first-order valence-electron chi connectivity index (χ1n) is 18.8. The van der Waals surface area contributed by atoms with Gasteiger partial charge in [-0.15, -0.1) is 22.7 Å². The molecule has 11 rings (SSSR count). The summed E-state index contributed by atoms with van der Waals surface area (Å²) in [5.41, 5.74) is 14.6. The maximum atomic E-state index is 5.29. The summed E-state index contributed by atoms with van der Waals surface area (Å²) in [6.45, 7) is 13.7. The van der Waals surface area contributed by atoms with Gasteiger partial charge in [-0.3, -0.25) is 9.97 Å². The van der Waals surface area contributed by atoms with E-state index in [2.05, 4.69) is 156 Å². The predicted octanol–water partition coefficient (Wildman–Crippen LogP) is 11.8. The second-order valence-corrected chi connectivity index (χ2v) is 19.2. The number of aromatic nitrogens is 2. The fraction of sp³-hybridized carbons (Fsp3) is 0.167. The molecule has 5 aromatic carbocycles. The topological polar surface area (TPSA) is 29.0 Å². The Hall–Kier alpha value is -5.30. The lowest BCUT2D eigenvalue weighted by Crippen LogP contribution is -2.53. The first kappa shape index (κ1) is 32.2. The SMILES string of the molecule is CC(C)(C)c1ccc(N(c2ccc(C(C)(C)C)cc2)c2cc3c4c(c2)-c2nccc5sc6cccc(c6c25)B4c2cccc4sc5ccnc-3c5c24)cc1. The van der Waals surface area contributed by atoms with Gasteiger partial charge >= 0.3 is 0 Å². The molecular formula is C48H38BN3S2. The Morgan fingerprint density at radius 2 is 0.907 bits per heavy atom. The van der Waals surface area contributed by atoms with Crippen molar-refractivity contribution in [2.24, 2.45) is 0 Å². The highest BCUT2D eigenvalue weighted by Crippen LogP contribution is 2.47. The second kappa shape index (κ2) is 11.1. The molecule has 9 aromatic rings. The Morgan fingerprint density at radius 3 is 1.33 bits per heavy atom. The van der Waals surface area contributed by atoms with Crippen LogP contribution in [-0.2, 0) is 10.8 Å². The summed E-state index contributed by atoms with van der Waals surface area (Å²) in [6.07, 6.45) is 4.01. The third-order valence-corrected chi connectivity index (χ3v) is 13.9. The van der Waals surface area contributed by atoms with E-state index in [4.69, 9.17) is 9.97 Å². The van der Waals surface area contributed by atoms with Crippen molar-refractivity contribution in [2.45, 2.75) is 52.4 Å². The molecule has 54 heavy (non-hydrogen) atoms. The lowest BCUT2D eigenvalue weighted by atomic mass is 9.35. The standard InChI is InChI=1S/C48H38BN3S2/c1-47(2,3)27-13-17-29(18-14-27)52(30-19-15-28(16-20-30)48(4,5)6)31-25-32-44-33(26-31)46-43-39(22-24-51-46)54-37-12-8-10-35(41(37)43)49(44)34-9-7-11-36-40(34)42-38(53-36)21-23-50-45(32)42/h7-26H,1-6H3. The zero-order valence-electron chi connectivity index (χ0n) is 31.3. The summed E-state index contributed by atoms with van der Waals surface area (Å²) < 4.78 is 5.18. The molecule has 2 aliphatic rings. The van der Waals surface area contributed by atoms with Crippen molar-refractivity contribution in [1.29, 1.82) is 0 Å². The van der Waals surface area contributed by atoms with E-state index in [1.807, 2.05) is 35.1 Å². The molecule has 4 aromatic heterocycles. The van der Waals surface area contributed by atoms with Crippen LogP contribution < -0.4 is 21.3 Å². The average molecular weight is 732 g/mol. The lowest BCUT2D eigenvalue weighted by Gasteiger charge is -2.30. The van der Waals surface area contributed by atoms with Crippen molar-refractivity contribution in [3.05, 3.63) is 133 Å². The molecule has 2 aliphatic heterocycles. The van der Waals surface area contributed by atoms with Gasteiger partial charge in [-0.2, -0.15) is 0 Å². The second-order valence-electron chi connectivity index (χ2n) is 17.0. The van der Waals surface area contributed by atoms with E-state index in [9.17, 15) is 0 Å². The quantitative estimate of drug-likeness (QED) is 0.169. The zero-order chi connectivity index (χ0) is 36.7. The normalized spacial score (nSPS) is 13.3. The first-order chi connectivity index (χ1) is 26.0. The molecule has 6 heterocycles. The number of pyridine rings is 2. The van der Waals surface area contributed by atoms with Gasteiger partial charge in [0.05, 0.1) is 11.4 Å². The summed E-state index contributed by atoms with van der Waals surface area (Å²) in [4.78, 5) is 13.0. The molecule has 0 saturated heterocycles. The fourth-order valence-electron chi connectivity index (χ4n) is 9.09. The highest BCUT2D eigenvalue weighted by Gasteiger charge is 2.39. The third-order valence-electron chi connectivity index (χ3n) is 11.7. The molecule has 0 N–H and O–H groups in total. The monoisotopic (exact) mass is 731 g/mol. The van der Waals surface area contributed by atoms with Gasteiger partial charge in [0.1, 0.15) is 0 Å². The van der Waals surface area contributed by atoms with Crippen molar-refractivity contribution in [1.82, 2.24) is 9.97 Å². The van der Waals surface area contributed by atoms with E-state index in [1.165, 1.54) is 79.0 Å². The molecule has 0 amide bonds. The van der Waals surface area contributed by atoms with Crippen LogP contribution in [0.1, 0.15) is 52.7 Å². The number of fused-ring (bicyclic) bond motifs is 4. The Morgan fingerprint density at radius 1 is 0.481 bits per heavy atom. The van der Waals surface area contributed by atoms with Gasteiger partial charge in [0.15, 0.2) is 0 Å². The van der Waals surface area contributed by atoms with Crippen molar-refractivity contribution in [3.8, 4) is 22.5 Å². The first-order valence-corrected chi connectivity index (χ1v) is 20.5. The number of rotatable bonds is 3.